The number of hydrogen-bond acceptors (Lipinski definition) is 4. The molecule has 0 fully saturated rings. The summed E-state index contributed by atoms with van der Waals surface area (Å²) in [5.41, 5.74) is 1.59. The van der Waals surface area contributed by atoms with Crippen LogP contribution in [-0.2, 0) is 10.1 Å². The van der Waals surface area contributed by atoms with Crippen molar-refractivity contribution in [2.75, 3.05) is 7.11 Å². The van der Waals surface area contributed by atoms with Gasteiger partial charge in [0.1, 0.15) is 16.5 Å². The Bertz CT molecular complexity index is 1550. The summed E-state index contributed by atoms with van der Waals surface area (Å²) in [6, 6.07) is 12.8. The van der Waals surface area contributed by atoms with Crippen LogP contribution in [0.4, 0.5) is 4.39 Å². The number of aromatic nitrogens is 1. The molecule has 3 aromatic carbocycles. The lowest BCUT2D eigenvalue weighted by molar-refractivity contribution is 0.415. The summed E-state index contributed by atoms with van der Waals surface area (Å²) >= 11 is 6.07. The average Bonchev–Trinajstić information content (AvgIpc) is 2.74. The van der Waals surface area contributed by atoms with Gasteiger partial charge in [0, 0.05) is 38.7 Å². The molecule has 32 heavy (non-hydrogen) atoms. The Morgan fingerprint density at radius 2 is 1.78 bits per heavy atom. The van der Waals surface area contributed by atoms with Gasteiger partial charge in [-0.15, -0.1) is 0 Å². The lowest BCUT2D eigenvalue weighted by atomic mass is 9.95. The zero-order valence-electron chi connectivity index (χ0n) is 16.9. The number of benzene rings is 3. The van der Waals surface area contributed by atoms with Gasteiger partial charge >= 0.3 is 0 Å². The predicted molar refractivity (Wildman–Crippen MR) is 122 cm³/mol. The molecule has 0 saturated heterocycles. The minimum atomic E-state index is -4.68. The van der Waals surface area contributed by atoms with Crippen LogP contribution in [0.2, 0.25) is 5.02 Å². The molecule has 6 nitrogen and oxygen atoms in total. The Morgan fingerprint density at radius 1 is 1.03 bits per heavy atom. The van der Waals surface area contributed by atoms with Gasteiger partial charge in [-0.3, -0.25) is 9.35 Å². The number of H-pyrrole nitrogens is 1. The van der Waals surface area contributed by atoms with Crippen molar-refractivity contribution in [3.8, 4) is 28.0 Å². The fraction of sp³-hybridized carbons (Fsp3) is 0.0870. The van der Waals surface area contributed by atoms with Crippen molar-refractivity contribution in [3.05, 3.63) is 81.4 Å². The number of methoxy groups -OCH3 is 1. The zero-order valence-corrected chi connectivity index (χ0v) is 18.5. The molecule has 0 atom stereocenters. The first kappa shape index (κ1) is 22.0. The van der Waals surface area contributed by atoms with Crippen LogP contribution in [0, 0.1) is 12.7 Å². The van der Waals surface area contributed by atoms with Gasteiger partial charge in [-0.05, 0) is 60.5 Å². The summed E-state index contributed by atoms with van der Waals surface area (Å²) in [7, 11) is -3.31. The third-order valence-electron chi connectivity index (χ3n) is 5.17. The maximum atomic E-state index is 15.3. The van der Waals surface area contributed by atoms with Crippen LogP contribution in [0.5, 0.6) is 5.75 Å². The Morgan fingerprint density at radius 3 is 2.44 bits per heavy atom. The second-order valence-corrected chi connectivity index (χ2v) is 8.99. The molecule has 164 valence electrons. The van der Waals surface area contributed by atoms with Crippen molar-refractivity contribution in [2.24, 2.45) is 0 Å². The lowest BCUT2D eigenvalue weighted by Gasteiger charge is -2.17. The van der Waals surface area contributed by atoms with Gasteiger partial charge in [0.2, 0.25) is 5.56 Å². The molecular formula is C23H17ClFNO5S. The highest BCUT2D eigenvalue weighted by Gasteiger charge is 2.24. The van der Waals surface area contributed by atoms with E-state index in [4.69, 9.17) is 16.3 Å². The summed E-state index contributed by atoms with van der Waals surface area (Å²) in [4.78, 5) is 13.9. The van der Waals surface area contributed by atoms with E-state index in [0.29, 0.717) is 21.5 Å². The monoisotopic (exact) mass is 473 g/mol. The summed E-state index contributed by atoms with van der Waals surface area (Å²) < 4.78 is 54.8. The molecule has 0 aliphatic rings. The second kappa shape index (κ2) is 8.05. The number of aromatic amines is 1. The Balaban J connectivity index is 2.07. The molecule has 1 heterocycles. The fourth-order valence-electron chi connectivity index (χ4n) is 3.66. The predicted octanol–water partition coefficient (Wildman–Crippen LogP) is 5.22. The topological polar surface area (TPSA) is 96.5 Å². The Kier molecular flexibility index (Phi) is 5.54. The van der Waals surface area contributed by atoms with E-state index in [0.717, 1.165) is 17.7 Å². The van der Waals surface area contributed by atoms with Crippen molar-refractivity contribution in [2.45, 2.75) is 11.8 Å². The van der Waals surface area contributed by atoms with Crippen molar-refractivity contribution in [3.63, 3.8) is 0 Å². The third-order valence-corrected chi connectivity index (χ3v) is 6.49. The standard InChI is InChI=1S/C23H17ClFNO5S/c1-12-9-13(3-5-17(12)24)15-11-20(31-2)16(10-18(15)25)23-14-4-8-22(27)26-19(14)6-7-21(23)32(28,29)30/h3-11H,1-2H3,(H,26,27)(H,28,29,30). The first-order valence-electron chi connectivity index (χ1n) is 9.38. The van der Waals surface area contributed by atoms with Gasteiger partial charge in [0.15, 0.2) is 0 Å². The Labute approximate surface area is 188 Å². The van der Waals surface area contributed by atoms with E-state index in [1.165, 1.54) is 31.4 Å². The van der Waals surface area contributed by atoms with Gasteiger partial charge in [-0.25, -0.2) is 4.39 Å². The van der Waals surface area contributed by atoms with Crippen LogP contribution < -0.4 is 10.3 Å². The molecule has 0 amide bonds. The molecule has 0 saturated carbocycles. The summed E-state index contributed by atoms with van der Waals surface area (Å²) in [6.45, 7) is 1.80. The van der Waals surface area contributed by atoms with Crippen molar-refractivity contribution >= 4 is 32.6 Å². The molecule has 2 N–H and O–H groups in total. The molecule has 0 spiro atoms. The minimum Gasteiger partial charge on any atom is -0.496 e. The van der Waals surface area contributed by atoms with Crippen LogP contribution in [0.3, 0.4) is 0 Å². The van der Waals surface area contributed by atoms with Gasteiger partial charge in [0.25, 0.3) is 10.1 Å². The third kappa shape index (κ3) is 3.88. The Hall–Kier alpha value is -3.20. The van der Waals surface area contributed by atoms with Crippen molar-refractivity contribution < 1.29 is 22.1 Å². The van der Waals surface area contributed by atoms with Crippen LogP contribution >= 0.6 is 11.6 Å². The van der Waals surface area contributed by atoms with E-state index in [-0.39, 0.29) is 22.4 Å². The highest BCUT2D eigenvalue weighted by Crippen LogP contribution is 2.42. The molecule has 1 aromatic heterocycles. The first-order valence-corrected chi connectivity index (χ1v) is 11.2. The number of pyridine rings is 1. The normalized spacial score (nSPS) is 11.7. The number of aryl methyl sites for hydroxylation is 1. The van der Waals surface area contributed by atoms with Gasteiger partial charge in [-0.2, -0.15) is 8.42 Å². The summed E-state index contributed by atoms with van der Waals surface area (Å²) in [5, 5.41) is 0.841. The van der Waals surface area contributed by atoms with Crippen LogP contribution in [0.15, 0.2) is 64.3 Å². The molecule has 0 aliphatic carbocycles. The van der Waals surface area contributed by atoms with E-state index < -0.39 is 26.4 Å². The molecule has 4 aromatic rings. The zero-order chi connectivity index (χ0) is 23.2. The van der Waals surface area contributed by atoms with E-state index in [1.54, 1.807) is 25.1 Å². The quantitative estimate of drug-likeness (QED) is 0.396. The number of nitrogens with one attached hydrogen (secondary N) is 1. The first-order chi connectivity index (χ1) is 15.1. The van der Waals surface area contributed by atoms with Gasteiger partial charge in [0.05, 0.1) is 7.11 Å². The molecule has 0 bridgehead atoms. The highest BCUT2D eigenvalue weighted by molar-refractivity contribution is 7.86. The van der Waals surface area contributed by atoms with Crippen LogP contribution in [-0.4, -0.2) is 25.1 Å². The van der Waals surface area contributed by atoms with E-state index >= 15 is 4.39 Å². The number of ether oxygens (including phenoxy) is 1. The lowest BCUT2D eigenvalue weighted by Crippen LogP contribution is -2.07. The minimum absolute atomic E-state index is 0.0100. The summed E-state index contributed by atoms with van der Waals surface area (Å²) in [5.74, 6) is -0.456. The van der Waals surface area contributed by atoms with E-state index in [1.807, 2.05) is 0 Å². The van der Waals surface area contributed by atoms with Crippen LogP contribution in [0.1, 0.15) is 5.56 Å². The fourth-order valence-corrected chi connectivity index (χ4v) is 4.49. The van der Waals surface area contributed by atoms with Gasteiger partial charge < -0.3 is 9.72 Å². The molecule has 9 heteroatoms. The smallest absolute Gasteiger partial charge is 0.295 e. The maximum Gasteiger partial charge on any atom is 0.295 e. The van der Waals surface area contributed by atoms with Crippen LogP contribution in [0.25, 0.3) is 33.2 Å². The number of fused-ring (bicyclic) bond motifs is 1. The number of halogens is 2. The molecular weight excluding hydrogens is 457 g/mol. The molecule has 0 aliphatic heterocycles. The average molecular weight is 474 g/mol. The highest BCUT2D eigenvalue weighted by atomic mass is 35.5. The molecule has 4 rings (SSSR count). The van der Waals surface area contributed by atoms with Crippen molar-refractivity contribution in [1.29, 1.82) is 0 Å². The summed E-state index contributed by atoms with van der Waals surface area (Å²) in [6.07, 6.45) is 0. The second-order valence-electron chi connectivity index (χ2n) is 7.19. The van der Waals surface area contributed by atoms with E-state index in [9.17, 15) is 17.8 Å². The maximum absolute atomic E-state index is 15.3. The van der Waals surface area contributed by atoms with Crippen molar-refractivity contribution in [1.82, 2.24) is 4.98 Å². The van der Waals surface area contributed by atoms with Gasteiger partial charge in [-0.1, -0.05) is 17.7 Å². The molecule has 0 radical (unpaired) electrons. The number of hydrogen-bond donors (Lipinski definition) is 2. The van der Waals surface area contributed by atoms with E-state index in [2.05, 4.69) is 4.98 Å². The SMILES string of the molecule is COc1cc(-c2ccc(Cl)c(C)c2)c(F)cc1-c1c(S(=O)(=O)O)ccc2[nH]c(=O)ccc12. The molecule has 0 unspecified atom stereocenters. The largest absolute Gasteiger partial charge is 0.496 e. The number of rotatable bonds is 4.